The maximum Gasteiger partial charge on any atom is 0.221 e. The van der Waals surface area contributed by atoms with E-state index in [1.165, 1.54) is 6.42 Å². The van der Waals surface area contributed by atoms with E-state index in [1.54, 1.807) is 0 Å². The lowest BCUT2D eigenvalue weighted by atomic mass is 10.1. The molecule has 1 aromatic carbocycles. The Morgan fingerprint density at radius 3 is 3.05 bits per heavy atom. The minimum absolute atomic E-state index is 0. The van der Waals surface area contributed by atoms with Crippen LogP contribution in [0.1, 0.15) is 31.7 Å². The predicted octanol–water partition coefficient (Wildman–Crippen LogP) is 2.27. The fourth-order valence-corrected chi connectivity index (χ4v) is 2.34. The third kappa shape index (κ3) is 5.39. The van der Waals surface area contributed by atoms with Crippen molar-refractivity contribution in [1.29, 1.82) is 0 Å². The molecule has 0 bridgehead atoms. The molecule has 5 heteroatoms. The summed E-state index contributed by atoms with van der Waals surface area (Å²) in [7, 11) is 0. The molecule has 1 atom stereocenters. The van der Waals surface area contributed by atoms with Crippen molar-refractivity contribution in [2.45, 2.75) is 38.8 Å². The Hall–Kier alpha value is -1.26. The highest BCUT2D eigenvalue weighted by Gasteiger charge is 2.17. The Bertz CT molecular complexity index is 420. The number of rotatable bonds is 6. The normalized spacial score (nSPS) is 17.4. The van der Waals surface area contributed by atoms with Crippen LogP contribution < -0.4 is 15.4 Å². The molecule has 0 radical (unpaired) electrons. The van der Waals surface area contributed by atoms with Crippen LogP contribution in [0.15, 0.2) is 24.3 Å². The van der Waals surface area contributed by atoms with Gasteiger partial charge in [-0.2, -0.15) is 0 Å². The van der Waals surface area contributed by atoms with E-state index in [-0.39, 0.29) is 18.3 Å². The minimum atomic E-state index is 0. The van der Waals surface area contributed by atoms with Gasteiger partial charge in [0.25, 0.3) is 0 Å². The van der Waals surface area contributed by atoms with Gasteiger partial charge in [-0.05, 0) is 44.0 Å². The third-order valence-electron chi connectivity index (χ3n) is 3.29. The van der Waals surface area contributed by atoms with E-state index in [0.717, 1.165) is 24.3 Å². The Morgan fingerprint density at radius 2 is 2.35 bits per heavy atom. The van der Waals surface area contributed by atoms with Gasteiger partial charge < -0.3 is 15.4 Å². The van der Waals surface area contributed by atoms with Crippen molar-refractivity contribution in [3.05, 3.63) is 29.8 Å². The molecule has 1 fully saturated rings. The van der Waals surface area contributed by atoms with E-state index >= 15 is 0 Å². The summed E-state index contributed by atoms with van der Waals surface area (Å²) in [6, 6.07) is 8.20. The summed E-state index contributed by atoms with van der Waals surface area (Å²) in [5.41, 5.74) is 1.07. The average molecular weight is 299 g/mol. The van der Waals surface area contributed by atoms with E-state index in [1.807, 2.05) is 31.2 Å². The highest BCUT2D eigenvalue weighted by atomic mass is 35.5. The van der Waals surface area contributed by atoms with Crippen LogP contribution in [0, 0.1) is 0 Å². The molecule has 2 N–H and O–H groups in total. The first kappa shape index (κ1) is 16.8. The van der Waals surface area contributed by atoms with Crippen LogP contribution in [0.25, 0.3) is 0 Å². The SMILES string of the molecule is CCOc1cccc(CNC(=O)CC2CCCN2)c1.Cl. The molecule has 20 heavy (non-hydrogen) atoms. The lowest BCUT2D eigenvalue weighted by Crippen LogP contribution is -2.31. The van der Waals surface area contributed by atoms with Gasteiger partial charge in [0.15, 0.2) is 0 Å². The van der Waals surface area contributed by atoms with Crippen LogP contribution in [-0.2, 0) is 11.3 Å². The van der Waals surface area contributed by atoms with Gasteiger partial charge in [-0.1, -0.05) is 12.1 Å². The zero-order valence-corrected chi connectivity index (χ0v) is 12.7. The van der Waals surface area contributed by atoms with Crippen LogP contribution in [0.4, 0.5) is 0 Å². The number of hydrogen-bond donors (Lipinski definition) is 2. The van der Waals surface area contributed by atoms with E-state index < -0.39 is 0 Å². The number of halogens is 1. The second-order valence-corrected chi connectivity index (χ2v) is 4.85. The van der Waals surface area contributed by atoms with Crippen LogP contribution >= 0.6 is 12.4 Å². The maximum atomic E-state index is 11.8. The van der Waals surface area contributed by atoms with Crippen molar-refractivity contribution in [2.24, 2.45) is 0 Å². The summed E-state index contributed by atoms with van der Waals surface area (Å²) in [5.74, 6) is 0.966. The van der Waals surface area contributed by atoms with Crippen molar-refractivity contribution in [3.63, 3.8) is 0 Å². The molecule has 1 unspecified atom stereocenters. The van der Waals surface area contributed by atoms with Crippen LogP contribution in [0.3, 0.4) is 0 Å². The largest absolute Gasteiger partial charge is 0.494 e. The van der Waals surface area contributed by atoms with Gasteiger partial charge >= 0.3 is 0 Å². The Kier molecular flexibility index (Phi) is 7.41. The number of amides is 1. The molecule has 1 aliphatic heterocycles. The number of ether oxygens (including phenoxy) is 1. The summed E-state index contributed by atoms with van der Waals surface area (Å²) >= 11 is 0. The van der Waals surface area contributed by atoms with Gasteiger partial charge in [-0.3, -0.25) is 4.79 Å². The van der Waals surface area contributed by atoms with E-state index in [2.05, 4.69) is 10.6 Å². The lowest BCUT2D eigenvalue weighted by Gasteiger charge is -2.11. The molecule has 1 heterocycles. The number of hydrogen-bond acceptors (Lipinski definition) is 3. The molecule has 1 aliphatic rings. The summed E-state index contributed by atoms with van der Waals surface area (Å²) < 4.78 is 5.44. The number of carbonyl (C=O) groups is 1. The second-order valence-electron chi connectivity index (χ2n) is 4.85. The quantitative estimate of drug-likeness (QED) is 0.847. The molecule has 0 saturated carbocycles. The summed E-state index contributed by atoms with van der Waals surface area (Å²) in [6.45, 7) is 4.22. The first-order valence-corrected chi connectivity index (χ1v) is 6.99. The van der Waals surface area contributed by atoms with Crippen LogP contribution in [-0.4, -0.2) is 25.1 Å². The number of carbonyl (C=O) groups excluding carboxylic acids is 1. The molecule has 0 aliphatic carbocycles. The van der Waals surface area contributed by atoms with Crippen molar-refractivity contribution < 1.29 is 9.53 Å². The monoisotopic (exact) mass is 298 g/mol. The van der Waals surface area contributed by atoms with E-state index in [9.17, 15) is 4.79 Å². The van der Waals surface area contributed by atoms with Crippen molar-refractivity contribution in [2.75, 3.05) is 13.2 Å². The third-order valence-corrected chi connectivity index (χ3v) is 3.29. The molecule has 112 valence electrons. The Morgan fingerprint density at radius 1 is 1.50 bits per heavy atom. The minimum Gasteiger partial charge on any atom is -0.494 e. The zero-order valence-electron chi connectivity index (χ0n) is 11.9. The first-order chi connectivity index (χ1) is 9.28. The summed E-state index contributed by atoms with van der Waals surface area (Å²) in [5, 5.41) is 6.29. The van der Waals surface area contributed by atoms with Gasteiger partial charge in [0.05, 0.1) is 6.61 Å². The van der Waals surface area contributed by atoms with Crippen molar-refractivity contribution in [3.8, 4) is 5.75 Å². The topological polar surface area (TPSA) is 50.4 Å². The van der Waals surface area contributed by atoms with Gasteiger partial charge in [-0.25, -0.2) is 0 Å². The van der Waals surface area contributed by atoms with E-state index in [0.29, 0.717) is 25.6 Å². The molecule has 1 aromatic rings. The van der Waals surface area contributed by atoms with E-state index in [4.69, 9.17) is 4.74 Å². The molecular formula is C15H23ClN2O2. The lowest BCUT2D eigenvalue weighted by molar-refractivity contribution is -0.121. The van der Waals surface area contributed by atoms with Gasteiger partial charge in [0.1, 0.15) is 5.75 Å². The van der Waals surface area contributed by atoms with Crippen molar-refractivity contribution in [1.82, 2.24) is 10.6 Å². The highest BCUT2D eigenvalue weighted by molar-refractivity contribution is 5.85. The molecule has 4 nitrogen and oxygen atoms in total. The highest BCUT2D eigenvalue weighted by Crippen LogP contribution is 2.13. The predicted molar refractivity (Wildman–Crippen MR) is 82.3 cm³/mol. The molecule has 0 spiro atoms. The van der Waals surface area contributed by atoms with Gasteiger partial charge in [0.2, 0.25) is 5.91 Å². The number of nitrogens with one attached hydrogen (secondary N) is 2. The fraction of sp³-hybridized carbons (Fsp3) is 0.533. The Labute approximate surface area is 126 Å². The standard InChI is InChI=1S/C15H22N2O2.ClH/c1-2-19-14-7-3-5-12(9-14)11-17-15(18)10-13-6-4-8-16-13;/h3,5,7,9,13,16H,2,4,6,8,10-11H2,1H3,(H,17,18);1H. The van der Waals surface area contributed by atoms with Crippen LogP contribution in [0.5, 0.6) is 5.75 Å². The smallest absolute Gasteiger partial charge is 0.221 e. The molecule has 1 amide bonds. The average Bonchev–Trinajstić information content (AvgIpc) is 2.90. The van der Waals surface area contributed by atoms with Crippen molar-refractivity contribution >= 4 is 18.3 Å². The summed E-state index contributed by atoms with van der Waals surface area (Å²) in [4.78, 5) is 11.8. The Balaban J connectivity index is 0.00000200. The molecular weight excluding hydrogens is 276 g/mol. The zero-order chi connectivity index (χ0) is 13.5. The van der Waals surface area contributed by atoms with Gasteiger partial charge in [-0.15, -0.1) is 12.4 Å². The molecule has 2 rings (SSSR count). The fourth-order valence-electron chi connectivity index (χ4n) is 2.34. The van der Waals surface area contributed by atoms with Gasteiger partial charge in [0, 0.05) is 19.0 Å². The summed E-state index contributed by atoms with van der Waals surface area (Å²) in [6.07, 6.45) is 2.85. The first-order valence-electron chi connectivity index (χ1n) is 6.99. The maximum absolute atomic E-state index is 11.8. The second kappa shape index (κ2) is 8.82. The number of benzene rings is 1. The van der Waals surface area contributed by atoms with Crippen LogP contribution in [0.2, 0.25) is 0 Å². The molecule has 0 aromatic heterocycles. The molecule has 1 saturated heterocycles.